The first-order valence-electron chi connectivity index (χ1n) is 7.28. The van der Waals surface area contributed by atoms with Crippen LogP contribution in [0.25, 0.3) is 0 Å². The Hall–Kier alpha value is -0.860. The third kappa shape index (κ3) is 1.88. The molecule has 3 rings (SSSR count). The number of rotatable bonds is 3. The Balaban J connectivity index is 1.84. The van der Waals surface area contributed by atoms with Crippen molar-refractivity contribution >= 4 is 0 Å². The van der Waals surface area contributed by atoms with E-state index < -0.39 is 5.60 Å². The number of fused-ring (bicyclic) bond motifs is 1. The number of hydrogen-bond acceptors (Lipinski definition) is 2. The van der Waals surface area contributed by atoms with Gasteiger partial charge < -0.3 is 10.4 Å². The molecule has 1 aromatic carbocycles. The minimum absolute atomic E-state index is 0.222. The van der Waals surface area contributed by atoms with Crippen LogP contribution in [-0.4, -0.2) is 17.2 Å². The first-order valence-corrected chi connectivity index (χ1v) is 7.28. The van der Waals surface area contributed by atoms with Gasteiger partial charge in [-0.1, -0.05) is 43.7 Å². The highest BCUT2D eigenvalue weighted by molar-refractivity contribution is 5.25. The SMILES string of the molecule is CC[C@@](O)(c1ccccc1)[C@@H]1C[C@H]2CCC[C@H]2N1. The first-order chi connectivity index (χ1) is 8.74. The summed E-state index contributed by atoms with van der Waals surface area (Å²) in [6, 6.07) is 11.0. The Morgan fingerprint density at radius 3 is 2.72 bits per heavy atom. The van der Waals surface area contributed by atoms with Gasteiger partial charge in [-0.2, -0.15) is 0 Å². The topological polar surface area (TPSA) is 32.3 Å². The molecule has 0 bridgehead atoms. The van der Waals surface area contributed by atoms with E-state index in [-0.39, 0.29) is 6.04 Å². The van der Waals surface area contributed by atoms with Crippen LogP contribution in [0.5, 0.6) is 0 Å². The van der Waals surface area contributed by atoms with E-state index in [1.54, 1.807) is 0 Å². The van der Waals surface area contributed by atoms with Crippen molar-refractivity contribution in [3.8, 4) is 0 Å². The van der Waals surface area contributed by atoms with Crippen molar-refractivity contribution in [2.75, 3.05) is 0 Å². The normalized spacial score (nSPS) is 34.2. The van der Waals surface area contributed by atoms with Crippen LogP contribution in [0.2, 0.25) is 0 Å². The Morgan fingerprint density at radius 2 is 2.06 bits per heavy atom. The second-order valence-electron chi connectivity index (χ2n) is 5.90. The summed E-state index contributed by atoms with van der Waals surface area (Å²) in [7, 11) is 0. The average molecular weight is 245 g/mol. The summed E-state index contributed by atoms with van der Waals surface area (Å²) in [5.41, 5.74) is 0.357. The van der Waals surface area contributed by atoms with E-state index in [1.807, 2.05) is 18.2 Å². The molecule has 2 fully saturated rings. The van der Waals surface area contributed by atoms with Gasteiger partial charge in [-0.15, -0.1) is 0 Å². The van der Waals surface area contributed by atoms with Crippen molar-refractivity contribution in [3.63, 3.8) is 0 Å². The van der Waals surface area contributed by atoms with Crippen LogP contribution < -0.4 is 5.32 Å². The molecule has 2 N–H and O–H groups in total. The molecule has 1 saturated carbocycles. The van der Waals surface area contributed by atoms with Gasteiger partial charge in [-0.05, 0) is 37.2 Å². The van der Waals surface area contributed by atoms with Crippen molar-refractivity contribution in [2.24, 2.45) is 5.92 Å². The molecule has 0 unspecified atom stereocenters. The van der Waals surface area contributed by atoms with E-state index in [0.717, 1.165) is 24.3 Å². The summed E-state index contributed by atoms with van der Waals surface area (Å²) in [5.74, 6) is 0.789. The number of hydrogen-bond donors (Lipinski definition) is 2. The fraction of sp³-hybridized carbons (Fsp3) is 0.625. The van der Waals surface area contributed by atoms with Crippen LogP contribution in [0, 0.1) is 5.92 Å². The second kappa shape index (κ2) is 4.67. The molecule has 1 aliphatic carbocycles. The van der Waals surface area contributed by atoms with Gasteiger partial charge in [0.1, 0.15) is 5.60 Å². The van der Waals surface area contributed by atoms with Crippen LogP contribution in [0.4, 0.5) is 0 Å². The average Bonchev–Trinajstić information content (AvgIpc) is 3.00. The highest BCUT2D eigenvalue weighted by Gasteiger charge is 2.46. The lowest BCUT2D eigenvalue weighted by molar-refractivity contribution is -0.00392. The summed E-state index contributed by atoms with van der Waals surface area (Å²) in [6.07, 6.45) is 5.88. The zero-order valence-electron chi connectivity index (χ0n) is 11.1. The maximum Gasteiger partial charge on any atom is 0.105 e. The molecule has 18 heavy (non-hydrogen) atoms. The largest absolute Gasteiger partial charge is 0.384 e. The van der Waals surface area contributed by atoms with Crippen molar-refractivity contribution < 1.29 is 5.11 Å². The zero-order chi connectivity index (χ0) is 12.6. The molecule has 4 atom stereocenters. The predicted molar refractivity (Wildman–Crippen MR) is 73.3 cm³/mol. The second-order valence-corrected chi connectivity index (χ2v) is 5.90. The molecule has 98 valence electrons. The highest BCUT2D eigenvalue weighted by Crippen LogP contribution is 2.41. The quantitative estimate of drug-likeness (QED) is 0.858. The molecule has 1 aromatic rings. The molecule has 1 saturated heterocycles. The van der Waals surface area contributed by atoms with E-state index in [1.165, 1.54) is 19.3 Å². The molecule has 1 heterocycles. The Kier molecular flexibility index (Phi) is 3.16. The molecule has 2 nitrogen and oxygen atoms in total. The highest BCUT2D eigenvalue weighted by atomic mass is 16.3. The fourth-order valence-electron chi connectivity index (χ4n) is 3.88. The minimum atomic E-state index is -0.703. The predicted octanol–water partition coefficient (Wildman–Crippen LogP) is 2.81. The van der Waals surface area contributed by atoms with Gasteiger partial charge in [0.25, 0.3) is 0 Å². The lowest BCUT2D eigenvalue weighted by atomic mass is 9.82. The van der Waals surface area contributed by atoms with E-state index in [9.17, 15) is 5.11 Å². The van der Waals surface area contributed by atoms with Gasteiger partial charge in [-0.25, -0.2) is 0 Å². The molecular formula is C16H23NO. The third-order valence-electron chi connectivity index (χ3n) is 5.00. The van der Waals surface area contributed by atoms with E-state index in [2.05, 4.69) is 24.4 Å². The van der Waals surface area contributed by atoms with Gasteiger partial charge in [-0.3, -0.25) is 0 Å². The Morgan fingerprint density at radius 1 is 1.28 bits per heavy atom. The van der Waals surface area contributed by atoms with Crippen molar-refractivity contribution in [3.05, 3.63) is 35.9 Å². The number of nitrogens with one attached hydrogen (secondary N) is 1. The van der Waals surface area contributed by atoms with E-state index in [0.29, 0.717) is 6.04 Å². The first kappa shape index (κ1) is 12.2. The molecule has 0 spiro atoms. The van der Waals surface area contributed by atoms with Crippen LogP contribution in [0.15, 0.2) is 30.3 Å². The Labute approximate surface area is 109 Å². The maximum atomic E-state index is 11.1. The number of benzene rings is 1. The molecule has 2 aliphatic rings. The maximum absolute atomic E-state index is 11.1. The van der Waals surface area contributed by atoms with Gasteiger partial charge in [0.05, 0.1) is 0 Å². The van der Waals surface area contributed by atoms with Gasteiger partial charge in [0, 0.05) is 12.1 Å². The summed E-state index contributed by atoms with van der Waals surface area (Å²) in [6.45, 7) is 2.09. The summed E-state index contributed by atoms with van der Waals surface area (Å²) >= 11 is 0. The standard InChI is InChI=1S/C16H23NO/c1-2-16(18,13-8-4-3-5-9-13)15-11-12-7-6-10-14(12)17-15/h3-5,8-9,12,14-15,17-18H,2,6-7,10-11H2,1H3/t12-,14-,15+,16-/m1/s1. The summed E-state index contributed by atoms with van der Waals surface area (Å²) < 4.78 is 0. The van der Waals surface area contributed by atoms with Crippen molar-refractivity contribution in [2.45, 2.75) is 56.7 Å². The van der Waals surface area contributed by atoms with Crippen LogP contribution in [0.3, 0.4) is 0 Å². The van der Waals surface area contributed by atoms with Crippen LogP contribution >= 0.6 is 0 Å². The molecule has 0 amide bonds. The lowest BCUT2D eigenvalue weighted by Crippen LogP contribution is -2.46. The molecule has 2 heteroatoms. The van der Waals surface area contributed by atoms with Gasteiger partial charge in [0.2, 0.25) is 0 Å². The molecular weight excluding hydrogens is 222 g/mol. The lowest BCUT2D eigenvalue weighted by Gasteiger charge is -2.34. The van der Waals surface area contributed by atoms with Crippen molar-refractivity contribution in [1.82, 2.24) is 5.32 Å². The van der Waals surface area contributed by atoms with Gasteiger partial charge in [0.15, 0.2) is 0 Å². The van der Waals surface area contributed by atoms with Gasteiger partial charge >= 0.3 is 0 Å². The van der Waals surface area contributed by atoms with Crippen molar-refractivity contribution in [1.29, 1.82) is 0 Å². The summed E-state index contributed by atoms with van der Waals surface area (Å²) in [5, 5.41) is 14.8. The molecule has 1 aliphatic heterocycles. The smallest absolute Gasteiger partial charge is 0.105 e. The monoisotopic (exact) mass is 245 g/mol. The van der Waals surface area contributed by atoms with Crippen LogP contribution in [-0.2, 0) is 5.60 Å². The summed E-state index contributed by atoms with van der Waals surface area (Å²) in [4.78, 5) is 0. The Bertz CT molecular complexity index is 393. The third-order valence-corrected chi connectivity index (χ3v) is 5.00. The molecule has 0 radical (unpaired) electrons. The minimum Gasteiger partial charge on any atom is -0.384 e. The fourth-order valence-corrected chi connectivity index (χ4v) is 3.88. The van der Waals surface area contributed by atoms with Crippen LogP contribution in [0.1, 0.15) is 44.6 Å². The molecule has 0 aromatic heterocycles. The number of aliphatic hydroxyl groups is 1. The van der Waals surface area contributed by atoms with E-state index in [4.69, 9.17) is 0 Å². The van der Waals surface area contributed by atoms with E-state index >= 15 is 0 Å². The zero-order valence-corrected chi connectivity index (χ0v) is 11.1.